The van der Waals surface area contributed by atoms with Gasteiger partial charge < -0.3 is 14.9 Å². The zero-order chi connectivity index (χ0) is 22.6. The maximum absolute atomic E-state index is 11.5. The molecule has 1 aliphatic heterocycles. The van der Waals surface area contributed by atoms with Crippen molar-refractivity contribution in [1.29, 1.82) is 0 Å². The van der Waals surface area contributed by atoms with Gasteiger partial charge in [-0.25, -0.2) is 4.98 Å². The van der Waals surface area contributed by atoms with E-state index in [-0.39, 0.29) is 12.2 Å². The number of nitrogens with zero attached hydrogens (tertiary/aromatic N) is 5. The van der Waals surface area contributed by atoms with Gasteiger partial charge >= 0.3 is 0 Å². The molecule has 0 atom stereocenters. The molecule has 0 radical (unpaired) electrons. The highest BCUT2D eigenvalue weighted by atomic mass is 16.3. The number of hydrogen-bond donors (Lipinski definition) is 1. The van der Waals surface area contributed by atoms with Crippen LogP contribution in [0.3, 0.4) is 0 Å². The third-order valence-corrected chi connectivity index (χ3v) is 6.03. The SMILES string of the molecule is O=C(CO)Cc1ccc(-c2ccc3ncc(N4CCN(c5ccncc5)CC4)nc3c2)cc1. The van der Waals surface area contributed by atoms with Gasteiger partial charge in [0.25, 0.3) is 0 Å². The van der Waals surface area contributed by atoms with Crippen LogP contribution in [0.15, 0.2) is 73.2 Å². The van der Waals surface area contributed by atoms with Crippen LogP contribution in [0.25, 0.3) is 22.2 Å². The predicted octanol–water partition coefficient (Wildman–Crippen LogP) is 3.12. The van der Waals surface area contributed by atoms with Crippen LogP contribution in [0.2, 0.25) is 0 Å². The molecule has 2 aromatic heterocycles. The summed E-state index contributed by atoms with van der Waals surface area (Å²) in [5.74, 6) is 0.713. The van der Waals surface area contributed by atoms with Crippen molar-refractivity contribution in [3.8, 4) is 11.1 Å². The zero-order valence-electron chi connectivity index (χ0n) is 18.3. The fraction of sp³-hybridized carbons (Fsp3) is 0.231. The molecule has 1 N–H and O–H groups in total. The van der Waals surface area contributed by atoms with Crippen LogP contribution in [0.5, 0.6) is 0 Å². The second-order valence-electron chi connectivity index (χ2n) is 8.18. The van der Waals surface area contributed by atoms with Crippen molar-refractivity contribution in [2.24, 2.45) is 0 Å². The lowest BCUT2D eigenvalue weighted by Gasteiger charge is -2.36. The molecule has 7 nitrogen and oxygen atoms in total. The van der Waals surface area contributed by atoms with Gasteiger partial charge in [0.15, 0.2) is 5.78 Å². The number of Topliss-reactive ketones (excluding diaryl/α,β-unsaturated/α-hetero) is 1. The van der Waals surface area contributed by atoms with Gasteiger partial charge in [-0.15, -0.1) is 0 Å². The summed E-state index contributed by atoms with van der Waals surface area (Å²) >= 11 is 0. The van der Waals surface area contributed by atoms with Crippen LogP contribution in [-0.2, 0) is 11.2 Å². The summed E-state index contributed by atoms with van der Waals surface area (Å²) in [7, 11) is 0. The number of carbonyl (C=O) groups is 1. The highest BCUT2D eigenvalue weighted by Gasteiger charge is 2.19. The molecule has 5 rings (SSSR count). The molecule has 3 heterocycles. The highest BCUT2D eigenvalue weighted by molar-refractivity contribution is 5.83. The first-order valence-electron chi connectivity index (χ1n) is 11.1. The fourth-order valence-corrected chi connectivity index (χ4v) is 4.18. The van der Waals surface area contributed by atoms with Crippen molar-refractivity contribution in [1.82, 2.24) is 15.0 Å². The third kappa shape index (κ3) is 4.68. The Labute approximate surface area is 192 Å². The van der Waals surface area contributed by atoms with Crippen LogP contribution in [-0.4, -0.2) is 58.6 Å². The summed E-state index contributed by atoms with van der Waals surface area (Å²) in [6.07, 6.45) is 5.77. The van der Waals surface area contributed by atoms with Crippen molar-refractivity contribution < 1.29 is 9.90 Å². The topological polar surface area (TPSA) is 82.5 Å². The molecule has 1 aliphatic rings. The largest absolute Gasteiger partial charge is 0.389 e. The van der Waals surface area contributed by atoms with E-state index in [1.54, 1.807) is 0 Å². The van der Waals surface area contributed by atoms with Gasteiger partial charge in [0.2, 0.25) is 0 Å². The molecule has 33 heavy (non-hydrogen) atoms. The molecule has 1 fully saturated rings. The minimum absolute atomic E-state index is 0.183. The summed E-state index contributed by atoms with van der Waals surface area (Å²) in [6, 6.07) is 18.0. The lowest BCUT2D eigenvalue weighted by atomic mass is 10.0. The van der Waals surface area contributed by atoms with Crippen molar-refractivity contribution >= 4 is 28.3 Å². The maximum atomic E-state index is 11.5. The van der Waals surface area contributed by atoms with Gasteiger partial charge in [0, 0.05) is 50.7 Å². The Morgan fingerprint density at radius 3 is 2.27 bits per heavy atom. The number of aliphatic hydroxyl groups excluding tert-OH is 1. The van der Waals surface area contributed by atoms with E-state index in [9.17, 15) is 4.79 Å². The van der Waals surface area contributed by atoms with Crippen LogP contribution in [0, 0.1) is 0 Å². The molecule has 0 amide bonds. The Morgan fingerprint density at radius 1 is 0.848 bits per heavy atom. The lowest BCUT2D eigenvalue weighted by Crippen LogP contribution is -2.46. The Morgan fingerprint density at radius 2 is 1.55 bits per heavy atom. The standard InChI is InChI=1S/C26H25N5O2/c32-18-23(33)15-19-1-3-20(4-2-19)21-5-6-24-25(16-21)29-26(17-28-24)31-13-11-30(12-14-31)22-7-9-27-10-8-22/h1-10,16-17,32H,11-15,18H2. The summed E-state index contributed by atoms with van der Waals surface area (Å²) in [5.41, 5.74) is 5.92. The zero-order valence-corrected chi connectivity index (χ0v) is 18.3. The van der Waals surface area contributed by atoms with Gasteiger partial charge in [-0.05, 0) is 41.0 Å². The molecule has 0 bridgehead atoms. The van der Waals surface area contributed by atoms with Crippen LogP contribution in [0.4, 0.5) is 11.5 Å². The molecule has 166 valence electrons. The van der Waals surface area contributed by atoms with Crippen molar-refractivity contribution in [3.63, 3.8) is 0 Å². The number of aliphatic hydroxyl groups is 1. The second kappa shape index (κ2) is 9.34. The number of pyridine rings is 1. The molecular weight excluding hydrogens is 414 g/mol. The number of fused-ring (bicyclic) bond motifs is 1. The Kier molecular flexibility index (Phi) is 5.95. The number of ketones is 1. The number of hydrogen-bond acceptors (Lipinski definition) is 7. The number of benzene rings is 2. The number of anilines is 2. The maximum Gasteiger partial charge on any atom is 0.162 e. The van der Waals surface area contributed by atoms with E-state index in [2.05, 4.69) is 25.8 Å². The molecule has 0 unspecified atom stereocenters. The number of aromatic nitrogens is 3. The molecule has 0 spiro atoms. The predicted molar refractivity (Wildman–Crippen MR) is 129 cm³/mol. The van der Waals surface area contributed by atoms with Crippen molar-refractivity contribution in [2.45, 2.75) is 6.42 Å². The molecule has 7 heteroatoms. The van der Waals surface area contributed by atoms with E-state index in [1.165, 1.54) is 5.69 Å². The molecular formula is C26H25N5O2. The van der Waals surface area contributed by atoms with Crippen LogP contribution in [0.1, 0.15) is 5.56 Å². The number of rotatable bonds is 6. The molecule has 0 aliphatic carbocycles. The van der Waals surface area contributed by atoms with Crippen molar-refractivity contribution in [3.05, 3.63) is 78.8 Å². The van der Waals surface area contributed by atoms with Gasteiger partial charge in [-0.2, -0.15) is 0 Å². The van der Waals surface area contributed by atoms with E-state index in [0.29, 0.717) is 0 Å². The first kappa shape index (κ1) is 21.0. The first-order valence-corrected chi connectivity index (χ1v) is 11.1. The average molecular weight is 440 g/mol. The Hall–Kier alpha value is -3.84. The van der Waals surface area contributed by atoms with E-state index in [4.69, 9.17) is 10.1 Å². The van der Waals surface area contributed by atoms with E-state index in [1.807, 2.05) is 67.1 Å². The molecule has 0 saturated carbocycles. The van der Waals surface area contributed by atoms with E-state index in [0.717, 1.165) is 59.7 Å². The first-order chi connectivity index (χ1) is 16.2. The minimum Gasteiger partial charge on any atom is -0.389 e. The summed E-state index contributed by atoms with van der Waals surface area (Å²) in [6.45, 7) is 3.20. The number of piperazine rings is 1. The van der Waals surface area contributed by atoms with E-state index >= 15 is 0 Å². The summed E-state index contributed by atoms with van der Waals surface area (Å²) in [4.78, 5) is 29.8. The fourth-order valence-electron chi connectivity index (χ4n) is 4.18. The van der Waals surface area contributed by atoms with E-state index < -0.39 is 6.61 Å². The molecule has 4 aromatic rings. The van der Waals surface area contributed by atoms with Gasteiger partial charge in [0.1, 0.15) is 12.4 Å². The minimum atomic E-state index is -0.424. The Balaban J connectivity index is 1.32. The smallest absolute Gasteiger partial charge is 0.162 e. The van der Waals surface area contributed by atoms with Gasteiger partial charge in [-0.3, -0.25) is 14.8 Å². The number of carbonyl (C=O) groups excluding carboxylic acids is 1. The van der Waals surface area contributed by atoms with Gasteiger partial charge in [0.05, 0.1) is 17.2 Å². The highest BCUT2D eigenvalue weighted by Crippen LogP contribution is 2.25. The monoisotopic (exact) mass is 439 g/mol. The normalized spacial score (nSPS) is 14.0. The van der Waals surface area contributed by atoms with Crippen molar-refractivity contribution in [2.75, 3.05) is 42.6 Å². The quantitative estimate of drug-likeness (QED) is 0.494. The lowest BCUT2D eigenvalue weighted by molar-refractivity contribution is -0.121. The Bertz CT molecular complexity index is 1250. The molecule has 2 aromatic carbocycles. The van der Waals surface area contributed by atoms with Crippen LogP contribution < -0.4 is 9.80 Å². The second-order valence-corrected chi connectivity index (χ2v) is 8.18. The molecule has 1 saturated heterocycles. The third-order valence-electron chi connectivity index (χ3n) is 6.03. The van der Waals surface area contributed by atoms with Gasteiger partial charge in [-0.1, -0.05) is 30.3 Å². The summed E-state index contributed by atoms with van der Waals surface area (Å²) < 4.78 is 0. The summed E-state index contributed by atoms with van der Waals surface area (Å²) in [5, 5.41) is 8.94. The van der Waals surface area contributed by atoms with Crippen LogP contribution >= 0.6 is 0 Å². The average Bonchev–Trinajstić information content (AvgIpc) is 2.89.